The van der Waals surface area contributed by atoms with Gasteiger partial charge in [-0.2, -0.15) is 5.26 Å². The van der Waals surface area contributed by atoms with Crippen molar-refractivity contribution in [1.82, 2.24) is 0 Å². The van der Waals surface area contributed by atoms with E-state index in [0.29, 0.717) is 45.5 Å². The van der Waals surface area contributed by atoms with Gasteiger partial charge in [0.1, 0.15) is 5.82 Å². The number of nitrogens with zero attached hydrogens (tertiary/aromatic N) is 2. The van der Waals surface area contributed by atoms with Gasteiger partial charge in [0.2, 0.25) is 0 Å². The van der Waals surface area contributed by atoms with Gasteiger partial charge in [-0.1, -0.05) is 37.0 Å². The molecule has 1 aromatic heterocycles. The van der Waals surface area contributed by atoms with Crippen LogP contribution in [0.1, 0.15) is 42.4 Å². The Hall–Kier alpha value is -1.78. The van der Waals surface area contributed by atoms with Crippen molar-refractivity contribution in [2.24, 2.45) is 11.1 Å². The number of carbonyl (C=O) groups excluding carboxylic acids is 1. The summed E-state index contributed by atoms with van der Waals surface area (Å²) in [6.07, 6.45) is 1.04. The first-order chi connectivity index (χ1) is 14.5. The van der Waals surface area contributed by atoms with Crippen LogP contribution in [0.2, 0.25) is 10.0 Å². The number of ketones is 1. The Morgan fingerprint density at radius 3 is 2.58 bits per heavy atom. The Balaban J connectivity index is 2.02. The van der Waals surface area contributed by atoms with E-state index in [0.717, 1.165) is 19.9 Å². The third kappa shape index (κ3) is 3.82. The molecule has 1 unspecified atom stereocenters. The molecule has 31 heavy (non-hydrogen) atoms. The Morgan fingerprint density at radius 1 is 1.29 bits per heavy atom. The molecule has 1 aliphatic heterocycles. The first-order valence-electron chi connectivity index (χ1n) is 9.71. The number of rotatable bonds is 2. The standard InChI is InChI=1S/C23H20BrCl2N3OS/c1-11-14(24)7-19(31-11)20-13(10-27)22(28)29(16-5-4-12(25)6-15(16)26)17-8-23(2,3)9-18(30)21(17)20/h4-7,20H,8-9,28H2,1-3H3. The molecule has 4 rings (SSSR count). The lowest BCUT2D eigenvalue weighted by Gasteiger charge is -2.43. The molecule has 1 aromatic carbocycles. The highest BCUT2D eigenvalue weighted by molar-refractivity contribution is 9.10. The van der Waals surface area contributed by atoms with E-state index in [-0.39, 0.29) is 11.2 Å². The Bertz CT molecular complexity index is 1200. The second-order valence-electron chi connectivity index (χ2n) is 8.63. The maximum atomic E-state index is 13.5. The van der Waals surface area contributed by atoms with Gasteiger partial charge in [0, 0.05) is 36.9 Å². The minimum absolute atomic E-state index is 0.0359. The molecular formula is C23H20BrCl2N3OS. The lowest BCUT2D eigenvalue weighted by atomic mass is 9.69. The predicted octanol–water partition coefficient (Wildman–Crippen LogP) is 7.07. The number of nitrogens with two attached hydrogens (primary N) is 1. The number of Topliss-reactive ketones (excluding diaryl/α,β-unsaturated/α-hetero) is 1. The Kier molecular flexibility index (Phi) is 5.76. The normalized spacial score (nSPS) is 20.7. The van der Waals surface area contributed by atoms with Crippen molar-refractivity contribution in [2.45, 2.75) is 39.5 Å². The lowest BCUT2D eigenvalue weighted by molar-refractivity contribution is -0.118. The van der Waals surface area contributed by atoms with Crippen molar-refractivity contribution in [2.75, 3.05) is 4.90 Å². The molecule has 1 atom stereocenters. The molecule has 0 spiro atoms. The molecule has 2 heterocycles. The molecule has 2 N–H and O–H groups in total. The maximum Gasteiger partial charge on any atom is 0.162 e. The Labute approximate surface area is 204 Å². The molecule has 0 bridgehead atoms. The second-order valence-corrected chi connectivity index (χ2v) is 11.6. The van der Waals surface area contributed by atoms with Crippen LogP contribution in [0.15, 0.2) is 51.4 Å². The van der Waals surface area contributed by atoms with E-state index in [1.54, 1.807) is 34.4 Å². The summed E-state index contributed by atoms with van der Waals surface area (Å²) in [6.45, 7) is 6.13. The summed E-state index contributed by atoms with van der Waals surface area (Å²) in [5.41, 5.74) is 8.77. The van der Waals surface area contributed by atoms with Gasteiger partial charge in [0.05, 0.1) is 28.3 Å². The zero-order valence-electron chi connectivity index (χ0n) is 17.2. The van der Waals surface area contributed by atoms with Crippen LogP contribution in [0.25, 0.3) is 0 Å². The van der Waals surface area contributed by atoms with Crippen LogP contribution in [0.3, 0.4) is 0 Å². The summed E-state index contributed by atoms with van der Waals surface area (Å²) in [4.78, 5) is 17.3. The number of hydrogen-bond acceptors (Lipinski definition) is 5. The first kappa shape index (κ1) is 22.4. The highest BCUT2D eigenvalue weighted by Crippen LogP contribution is 2.52. The quantitative estimate of drug-likeness (QED) is 0.445. The van der Waals surface area contributed by atoms with Gasteiger partial charge in [0.25, 0.3) is 0 Å². The number of thiophene rings is 1. The van der Waals surface area contributed by atoms with Crippen LogP contribution in [0.4, 0.5) is 5.69 Å². The van der Waals surface area contributed by atoms with Crippen molar-refractivity contribution in [3.63, 3.8) is 0 Å². The fourth-order valence-electron chi connectivity index (χ4n) is 4.35. The number of nitriles is 1. The SMILES string of the molecule is Cc1sc(C2C(C#N)=C(N)N(c3ccc(Cl)cc3Cl)C3=C2C(=O)CC(C)(C)C3)cc1Br. The van der Waals surface area contributed by atoms with Crippen LogP contribution in [-0.2, 0) is 4.79 Å². The number of aryl methyl sites for hydroxylation is 1. The minimum Gasteiger partial charge on any atom is -0.384 e. The van der Waals surface area contributed by atoms with Gasteiger partial charge in [-0.15, -0.1) is 11.3 Å². The second kappa shape index (κ2) is 7.97. The number of anilines is 1. The molecule has 0 saturated heterocycles. The van der Waals surface area contributed by atoms with Crippen molar-refractivity contribution >= 4 is 61.9 Å². The Morgan fingerprint density at radius 2 is 2.00 bits per heavy atom. The molecule has 1 aliphatic carbocycles. The smallest absolute Gasteiger partial charge is 0.162 e. The topological polar surface area (TPSA) is 70.1 Å². The molecule has 160 valence electrons. The van der Waals surface area contributed by atoms with Crippen LogP contribution in [0, 0.1) is 23.7 Å². The average molecular weight is 537 g/mol. The molecule has 8 heteroatoms. The van der Waals surface area contributed by atoms with Gasteiger partial charge in [-0.25, -0.2) is 0 Å². The van der Waals surface area contributed by atoms with E-state index in [1.165, 1.54) is 0 Å². The number of benzene rings is 1. The lowest BCUT2D eigenvalue weighted by Crippen LogP contribution is -2.42. The van der Waals surface area contributed by atoms with Crippen LogP contribution in [0.5, 0.6) is 0 Å². The first-order valence-corrected chi connectivity index (χ1v) is 12.1. The summed E-state index contributed by atoms with van der Waals surface area (Å²) >= 11 is 17.8. The molecule has 2 aliphatic rings. The fraction of sp³-hybridized carbons (Fsp3) is 0.304. The maximum absolute atomic E-state index is 13.5. The molecule has 0 radical (unpaired) electrons. The third-order valence-electron chi connectivity index (χ3n) is 5.69. The van der Waals surface area contributed by atoms with E-state index >= 15 is 0 Å². The average Bonchev–Trinajstić information content (AvgIpc) is 2.99. The largest absolute Gasteiger partial charge is 0.384 e. The van der Waals surface area contributed by atoms with Gasteiger partial charge in [0.15, 0.2) is 5.78 Å². The molecule has 0 amide bonds. The fourth-order valence-corrected chi connectivity index (χ4v) is 6.53. The molecule has 0 saturated carbocycles. The minimum atomic E-state index is -0.485. The molecular weight excluding hydrogens is 517 g/mol. The van der Waals surface area contributed by atoms with E-state index in [1.807, 2.05) is 13.0 Å². The highest BCUT2D eigenvalue weighted by Gasteiger charge is 2.45. The highest BCUT2D eigenvalue weighted by atomic mass is 79.9. The van der Waals surface area contributed by atoms with E-state index in [4.69, 9.17) is 28.9 Å². The third-order valence-corrected chi connectivity index (χ3v) is 8.43. The summed E-state index contributed by atoms with van der Waals surface area (Å²) in [6, 6.07) is 9.41. The van der Waals surface area contributed by atoms with E-state index in [9.17, 15) is 10.1 Å². The van der Waals surface area contributed by atoms with E-state index in [2.05, 4.69) is 35.8 Å². The van der Waals surface area contributed by atoms with Crippen molar-refractivity contribution in [1.29, 1.82) is 5.26 Å². The van der Waals surface area contributed by atoms with Gasteiger partial charge in [-0.05, 0) is 59.0 Å². The summed E-state index contributed by atoms with van der Waals surface area (Å²) in [7, 11) is 0. The number of hydrogen-bond donors (Lipinski definition) is 1. The summed E-state index contributed by atoms with van der Waals surface area (Å²) < 4.78 is 0.956. The van der Waals surface area contributed by atoms with Crippen molar-refractivity contribution < 1.29 is 4.79 Å². The van der Waals surface area contributed by atoms with Gasteiger partial charge >= 0.3 is 0 Å². The zero-order valence-corrected chi connectivity index (χ0v) is 21.1. The molecule has 2 aromatic rings. The molecule has 4 nitrogen and oxygen atoms in total. The summed E-state index contributed by atoms with van der Waals surface area (Å²) in [5, 5.41) is 11.0. The number of carbonyl (C=O) groups is 1. The van der Waals surface area contributed by atoms with Crippen molar-refractivity contribution in [3.05, 3.63) is 71.2 Å². The number of allylic oxidation sites excluding steroid dienone is 3. The monoisotopic (exact) mass is 535 g/mol. The van der Waals surface area contributed by atoms with Crippen LogP contribution < -0.4 is 10.6 Å². The zero-order chi connectivity index (χ0) is 22.7. The van der Waals surface area contributed by atoms with Crippen molar-refractivity contribution in [3.8, 4) is 6.07 Å². The number of halogens is 3. The van der Waals surface area contributed by atoms with Gasteiger partial charge < -0.3 is 5.73 Å². The van der Waals surface area contributed by atoms with Crippen LogP contribution >= 0.6 is 50.5 Å². The molecule has 0 fully saturated rings. The predicted molar refractivity (Wildman–Crippen MR) is 130 cm³/mol. The van der Waals surface area contributed by atoms with Gasteiger partial charge in [-0.3, -0.25) is 9.69 Å². The van der Waals surface area contributed by atoms with E-state index < -0.39 is 5.92 Å². The summed E-state index contributed by atoms with van der Waals surface area (Å²) in [5.74, 6) is -0.155. The van der Waals surface area contributed by atoms with Crippen LogP contribution in [-0.4, -0.2) is 5.78 Å².